The molecule has 28 heavy (non-hydrogen) atoms. The molecule has 0 saturated carbocycles. The van der Waals surface area contributed by atoms with E-state index in [1.165, 1.54) is 56.3 Å². The molecule has 0 aliphatic carbocycles. The zero-order valence-electron chi connectivity index (χ0n) is 16.6. The van der Waals surface area contributed by atoms with Crippen molar-refractivity contribution in [2.24, 2.45) is 5.92 Å². The Balaban J connectivity index is 1.39. The number of hydrogen-bond donors (Lipinski definition) is 0. The van der Waals surface area contributed by atoms with E-state index in [0.717, 1.165) is 0 Å². The molecule has 0 amide bonds. The quantitative estimate of drug-likeness (QED) is 0.662. The van der Waals surface area contributed by atoms with Crippen molar-refractivity contribution in [3.8, 4) is 0 Å². The number of hydrogen-bond acceptors (Lipinski definition) is 3. The molecule has 2 aliphatic heterocycles. The van der Waals surface area contributed by atoms with Crippen LogP contribution in [0.25, 0.3) is 0 Å². The molecule has 2 saturated heterocycles. The van der Waals surface area contributed by atoms with Gasteiger partial charge in [-0.25, -0.2) is 0 Å². The van der Waals surface area contributed by atoms with Crippen molar-refractivity contribution in [2.45, 2.75) is 50.5 Å². The fraction of sp³-hybridized carbons (Fsp3) is 0.480. The Kier molecular flexibility index (Phi) is 6.43. The number of carbonyl (C=O) groups excluding carboxylic acids is 1. The molecule has 0 unspecified atom stereocenters. The zero-order valence-corrected chi connectivity index (χ0v) is 16.6. The molecule has 0 aromatic heterocycles. The maximum absolute atomic E-state index is 12.8. The van der Waals surface area contributed by atoms with Crippen molar-refractivity contribution in [2.75, 3.05) is 19.7 Å². The van der Waals surface area contributed by atoms with Gasteiger partial charge in [0.05, 0.1) is 13.0 Å². The van der Waals surface area contributed by atoms with Gasteiger partial charge >= 0.3 is 5.97 Å². The molecule has 2 heterocycles. The maximum atomic E-state index is 12.8. The Bertz CT molecular complexity index is 704. The highest BCUT2D eigenvalue weighted by atomic mass is 16.5. The average Bonchev–Trinajstić information content (AvgIpc) is 2.77. The summed E-state index contributed by atoms with van der Waals surface area (Å²) in [5.74, 6) is 0.475. The van der Waals surface area contributed by atoms with Gasteiger partial charge in [-0.3, -0.25) is 9.69 Å². The number of nitrogens with zero attached hydrogens (tertiary/aromatic N) is 1. The van der Waals surface area contributed by atoms with Gasteiger partial charge in [0.2, 0.25) is 0 Å². The zero-order chi connectivity index (χ0) is 19.2. The monoisotopic (exact) mass is 377 g/mol. The van der Waals surface area contributed by atoms with E-state index in [1.807, 2.05) is 36.4 Å². The summed E-state index contributed by atoms with van der Waals surface area (Å²) in [5, 5.41) is 0. The van der Waals surface area contributed by atoms with Gasteiger partial charge in [0.1, 0.15) is 0 Å². The summed E-state index contributed by atoms with van der Waals surface area (Å²) in [5.41, 5.74) is 2.34. The van der Waals surface area contributed by atoms with Gasteiger partial charge in [0.15, 0.2) is 0 Å². The second kappa shape index (κ2) is 9.38. The first kappa shape index (κ1) is 19.2. The SMILES string of the molecule is O=C(CC(c1ccccc1)c1ccccc1)OC[C@H]1CCCN2CCCC[C@H]12. The lowest BCUT2D eigenvalue weighted by atomic mass is 9.84. The van der Waals surface area contributed by atoms with E-state index < -0.39 is 0 Å². The second-order valence-electron chi connectivity index (χ2n) is 8.26. The van der Waals surface area contributed by atoms with Gasteiger partial charge < -0.3 is 4.74 Å². The van der Waals surface area contributed by atoms with Crippen molar-refractivity contribution in [3.63, 3.8) is 0 Å². The minimum atomic E-state index is -0.0781. The predicted octanol–water partition coefficient (Wildman–Crippen LogP) is 5.02. The molecule has 0 radical (unpaired) electrons. The minimum Gasteiger partial charge on any atom is -0.465 e. The highest BCUT2D eigenvalue weighted by Gasteiger charge is 2.33. The number of ether oxygens (including phenoxy) is 1. The van der Waals surface area contributed by atoms with Crippen molar-refractivity contribution in [1.82, 2.24) is 4.90 Å². The highest BCUT2D eigenvalue weighted by Crippen LogP contribution is 2.32. The van der Waals surface area contributed by atoms with Crippen molar-refractivity contribution >= 4 is 5.97 Å². The summed E-state index contributed by atoms with van der Waals surface area (Å²) in [7, 11) is 0. The molecule has 2 atom stereocenters. The third kappa shape index (κ3) is 4.64. The predicted molar refractivity (Wildman–Crippen MR) is 112 cm³/mol. The number of carbonyl (C=O) groups is 1. The van der Waals surface area contributed by atoms with Crippen LogP contribution in [0.4, 0.5) is 0 Å². The Morgan fingerprint density at radius 2 is 1.54 bits per heavy atom. The van der Waals surface area contributed by atoms with Crippen molar-refractivity contribution in [3.05, 3.63) is 71.8 Å². The van der Waals surface area contributed by atoms with Gasteiger partial charge in [-0.05, 0) is 49.9 Å². The van der Waals surface area contributed by atoms with Crippen molar-refractivity contribution in [1.29, 1.82) is 0 Å². The summed E-state index contributed by atoms with van der Waals surface area (Å²) in [6.07, 6.45) is 6.72. The third-order valence-electron chi connectivity index (χ3n) is 6.46. The van der Waals surface area contributed by atoms with E-state index >= 15 is 0 Å². The molecular formula is C25H31NO2. The highest BCUT2D eigenvalue weighted by molar-refractivity contribution is 5.71. The summed E-state index contributed by atoms with van der Waals surface area (Å²) in [4.78, 5) is 15.4. The second-order valence-corrected chi connectivity index (χ2v) is 8.26. The summed E-state index contributed by atoms with van der Waals surface area (Å²) in [6.45, 7) is 3.02. The molecule has 0 N–H and O–H groups in total. The number of benzene rings is 2. The normalized spacial score (nSPS) is 22.6. The first-order valence-electron chi connectivity index (χ1n) is 10.8. The number of fused-ring (bicyclic) bond motifs is 1. The fourth-order valence-electron chi connectivity index (χ4n) is 5.00. The fourth-order valence-corrected chi connectivity index (χ4v) is 5.00. The lowest BCUT2D eigenvalue weighted by Gasteiger charge is -2.44. The molecule has 2 fully saturated rings. The lowest BCUT2D eigenvalue weighted by Crippen LogP contribution is -2.49. The summed E-state index contributed by atoms with van der Waals surface area (Å²) >= 11 is 0. The standard InChI is InChI=1S/C25H31NO2/c27-25(28-19-22-14-9-17-26-16-8-7-15-24(22)26)18-23(20-10-3-1-4-11-20)21-12-5-2-6-13-21/h1-6,10-13,22-24H,7-9,14-19H2/t22-,24-/m1/s1. The van der Waals surface area contributed by atoms with Crippen LogP contribution < -0.4 is 0 Å². The van der Waals surface area contributed by atoms with Crippen LogP contribution in [0.1, 0.15) is 55.6 Å². The van der Waals surface area contributed by atoms with Crippen LogP contribution in [-0.4, -0.2) is 36.6 Å². The van der Waals surface area contributed by atoms with E-state index in [9.17, 15) is 4.79 Å². The summed E-state index contributed by atoms with van der Waals surface area (Å²) in [6, 6.07) is 21.2. The van der Waals surface area contributed by atoms with Crippen LogP contribution in [0.2, 0.25) is 0 Å². The summed E-state index contributed by atoms with van der Waals surface area (Å²) < 4.78 is 5.84. The molecule has 4 rings (SSSR count). The van der Waals surface area contributed by atoms with Gasteiger partial charge in [-0.2, -0.15) is 0 Å². The Labute approximate surface area is 168 Å². The van der Waals surface area contributed by atoms with Crippen LogP contribution in [0.3, 0.4) is 0 Å². The van der Waals surface area contributed by atoms with E-state index in [2.05, 4.69) is 29.2 Å². The number of piperidine rings is 2. The number of rotatable bonds is 6. The topological polar surface area (TPSA) is 29.5 Å². The third-order valence-corrected chi connectivity index (χ3v) is 6.46. The van der Waals surface area contributed by atoms with Crippen LogP contribution >= 0.6 is 0 Å². The van der Waals surface area contributed by atoms with Gasteiger partial charge in [-0.15, -0.1) is 0 Å². The molecule has 0 bridgehead atoms. The molecule has 2 aromatic carbocycles. The Hall–Kier alpha value is -2.13. The maximum Gasteiger partial charge on any atom is 0.306 e. The van der Waals surface area contributed by atoms with E-state index in [0.29, 0.717) is 25.0 Å². The van der Waals surface area contributed by atoms with E-state index in [1.54, 1.807) is 0 Å². The molecule has 3 heteroatoms. The molecular weight excluding hydrogens is 346 g/mol. The molecule has 0 spiro atoms. The Morgan fingerprint density at radius 1 is 0.893 bits per heavy atom. The molecule has 148 valence electrons. The minimum absolute atomic E-state index is 0.0486. The van der Waals surface area contributed by atoms with Crippen LogP contribution in [0.15, 0.2) is 60.7 Å². The van der Waals surface area contributed by atoms with Crippen LogP contribution in [-0.2, 0) is 9.53 Å². The average molecular weight is 378 g/mol. The van der Waals surface area contributed by atoms with Crippen LogP contribution in [0.5, 0.6) is 0 Å². The molecule has 2 aliphatic rings. The lowest BCUT2D eigenvalue weighted by molar-refractivity contribution is -0.146. The van der Waals surface area contributed by atoms with Crippen molar-refractivity contribution < 1.29 is 9.53 Å². The van der Waals surface area contributed by atoms with Gasteiger partial charge in [-0.1, -0.05) is 67.1 Å². The number of esters is 1. The van der Waals surface area contributed by atoms with E-state index in [-0.39, 0.29) is 11.9 Å². The van der Waals surface area contributed by atoms with Crippen LogP contribution in [0, 0.1) is 5.92 Å². The van der Waals surface area contributed by atoms with Gasteiger partial charge in [0, 0.05) is 17.9 Å². The molecule has 2 aromatic rings. The first-order chi connectivity index (χ1) is 13.8. The molecule has 3 nitrogen and oxygen atoms in total. The smallest absolute Gasteiger partial charge is 0.306 e. The Morgan fingerprint density at radius 3 is 2.21 bits per heavy atom. The first-order valence-corrected chi connectivity index (χ1v) is 10.8. The van der Waals surface area contributed by atoms with Gasteiger partial charge in [0.25, 0.3) is 0 Å². The largest absolute Gasteiger partial charge is 0.465 e. The van der Waals surface area contributed by atoms with E-state index in [4.69, 9.17) is 4.74 Å².